The van der Waals surface area contributed by atoms with Gasteiger partial charge in [0, 0.05) is 28.6 Å². The molecule has 190 valence electrons. The molecule has 1 aliphatic heterocycles. The first kappa shape index (κ1) is 23.8. The van der Waals surface area contributed by atoms with Crippen LogP contribution in [0.3, 0.4) is 0 Å². The van der Waals surface area contributed by atoms with Gasteiger partial charge in [0.2, 0.25) is 0 Å². The number of ether oxygens (including phenoxy) is 1. The maximum absolute atomic E-state index is 11.8. The molecule has 0 atom stereocenters. The molecule has 3 aromatic carbocycles. The fourth-order valence-electron chi connectivity index (χ4n) is 6.38. The van der Waals surface area contributed by atoms with Gasteiger partial charge in [0.25, 0.3) is 0 Å². The molecule has 4 aromatic rings. The Morgan fingerprint density at radius 2 is 1.78 bits per heavy atom. The van der Waals surface area contributed by atoms with Crippen LogP contribution in [-0.4, -0.2) is 41.2 Å². The Morgan fingerprint density at radius 1 is 1.00 bits per heavy atom. The van der Waals surface area contributed by atoms with Crippen molar-refractivity contribution < 1.29 is 14.6 Å². The van der Waals surface area contributed by atoms with Gasteiger partial charge in [-0.1, -0.05) is 55.7 Å². The summed E-state index contributed by atoms with van der Waals surface area (Å²) < 4.78 is 8.84. The number of carbonyl (C=O) groups is 1. The number of fused-ring (bicyclic) bond motifs is 5. The third kappa shape index (κ3) is 4.31. The molecule has 0 unspecified atom stereocenters. The highest BCUT2D eigenvalue weighted by Crippen LogP contribution is 2.49. The minimum absolute atomic E-state index is 0.333. The number of benzene rings is 3. The van der Waals surface area contributed by atoms with Gasteiger partial charge in [-0.2, -0.15) is 0 Å². The van der Waals surface area contributed by atoms with Gasteiger partial charge in [-0.15, -0.1) is 0 Å². The van der Waals surface area contributed by atoms with Gasteiger partial charge in [-0.25, -0.2) is 4.79 Å². The average Bonchev–Trinajstić information content (AvgIpc) is 3.09. The van der Waals surface area contributed by atoms with E-state index < -0.39 is 5.97 Å². The Morgan fingerprint density at radius 3 is 2.57 bits per heavy atom. The molecule has 1 aliphatic carbocycles. The molecule has 1 saturated carbocycles. The van der Waals surface area contributed by atoms with Crippen molar-refractivity contribution in [1.82, 2.24) is 9.47 Å². The van der Waals surface area contributed by atoms with Gasteiger partial charge < -0.3 is 19.3 Å². The average molecular weight is 495 g/mol. The predicted molar refractivity (Wildman–Crippen MR) is 148 cm³/mol. The fourth-order valence-corrected chi connectivity index (χ4v) is 6.38. The Hall–Kier alpha value is -3.57. The van der Waals surface area contributed by atoms with Gasteiger partial charge >= 0.3 is 5.97 Å². The number of aromatic nitrogens is 1. The summed E-state index contributed by atoms with van der Waals surface area (Å²) in [4.78, 5) is 14.0. The summed E-state index contributed by atoms with van der Waals surface area (Å²) in [5.41, 5.74) is 8.57. The number of hydrogen-bond acceptors (Lipinski definition) is 3. The van der Waals surface area contributed by atoms with Crippen molar-refractivity contribution in [1.29, 1.82) is 0 Å². The van der Waals surface area contributed by atoms with Crippen LogP contribution < -0.4 is 4.74 Å². The zero-order valence-corrected chi connectivity index (χ0v) is 21.7. The van der Waals surface area contributed by atoms with E-state index in [0.29, 0.717) is 24.6 Å². The molecule has 1 N–H and O–H groups in total. The Balaban J connectivity index is 1.59. The van der Waals surface area contributed by atoms with Crippen molar-refractivity contribution in [2.24, 2.45) is 0 Å². The standard InChI is InChI=1S/C32H34N2O3/c1-33(2)20-21-8-6-11-23(18-21)25-12-7-13-27-30-29(22-9-4-3-5-10-22)26-15-14-24(32(35)36)19-28(26)34(30)16-17-37-31(25)27/h6-8,11-15,18-19,22H,3-5,9-10,16-17,20H2,1-2H3,(H,35,36). The van der Waals surface area contributed by atoms with Crippen LogP contribution >= 0.6 is 0 Å². The number of hydrogen-bond donors (Lipinski definition) is 1. The molecule has 0 spiro atoms. The van der Waals surface area contributed by atoms with E-state index in [-0.39, 0.29) is 0 Å². The van der Waals surface area contributed by atoms with Crippen LogP contribution in [0.1, 0.15) is 59.5 Å². The van der Waals surface area contributed by atoms with Crippen molar-refractivity contribution in [3.05, 3.63) is 77.4 Å². The molecule has 2 aliphatic rings. The lowest BCUT2D eigenvalue weighted by molar-refractivity contribution is 0.0697. The topological polar surface area (TPSA) is 54.7 Å². The maximum Gasteiger partial charge on any atom is 0.335 e. The normalized spacial score (nSPS) is 15.8. The van der Waals surface area contributed by atoms with Crippen molar-refractivity contribution in [3.63, 3.8) is 0 Å². The summed E-state index contributed by atoms with van der Waals surface area (Å²) in [6.07, 6.45) is 6.13. The van der Waals surface area contributed by atoms with Crippen molar-refractivity contribution in [2.45, 2.75) is 51.1 Å². The van der Waals surface area contributed by atoms with E-state index in [1.54, 1.807) is 6.07 Å². The van der Waals surface area contributed by atoms with Crippen molar-refractivity contribution in [2.75, 3.05) is 20.7 Å². The lowest BCUT2D eigenvalue weighted by Crippen LogP contribution is -2.10. The molecule has 2 heterocycles. The lowest BCUT2D eigenvalue weighted by Gasteiger charge is -2.24. The molecule has 0 saturated heterocycles. The molecule has 1 fully saturated rings. The number of para-hydroxylation sites is 1. The minimum atomic E-state index is -0.887. The highest BCUT2D eigenvalue weighted by Gasteiger charge is 2.30. The van der Waals surface area contributed by atoms with Crippen LogP contribution in [0.4, 0.5) is 0 Å². The number of nitrogens with zero attached hydrogens (tertiary/aromatic N) is 2. The summed E-state index contributed by atoms with van der Waals surface area (Å²) in [5, 5.41) is 10.9. The first-order chi connectivity index (χ1) is 18.0. The Kier molecular flexibility index (Phi) is 6.25. The number of carboxylic acid groups (broad SMARTS) is 1. The van der Waals surface area contributed by atoms with E-state index in [2.05, 4.69) is 66.0 Å². The molecule has 5 heteroatoms. The number of rotatable bonds is 5. The molecule has 0 radical (unpaired) electrons. The SMILES string of the molecule is CN(C)Cc1cccc(-c2cccc3c2OCCn2c-3c(C3CCCCC3)c3ccc(C(=O)O)cc32)c1. The van der Waals surface area contributed by atoms with Gasteiger partial charge in [-0.05, 0) is 73.8 Å². The van der Waals surface area contributed by atoms with Crippen LogP contribution in [0.5, 0.6) is 5.75 Å². The minimum Gasteiger partial charge on any atom is -0.490 e. The summed E-state index contributed by atoms with van der Waals surface area (Å²) >= 11 is 0. The van der Waals surface area contributed by atoms with Gasteiger partial charge in [0.15, 0.2) is 0 Å². The largest absolute Gasteiger partial charge is 0.490 e. The van der Waals surface area contributed by atoms with E-state index in [4.69, 9.17) is 4.74 Å². The molecule has 0 amide bonds. The monoisotopic (exact) mass is 494 g/mol. The molecule has 0 bridgehead atoms. The Labute approximate surface area is 218 Å². The second kappa shape index (κ2) is 9.71. The first-order valence-electron chi connectivity index (χ1n) is 13.4. The quantitative estimate of drug-likeness (QED) is 0.319. The summed E-state index contributed by atoms with van der Waals surface area (Å²) in [5.74, 6) is 0.518. The third-order valence-corrected chi connectivity index (χ3v) is 7.93. The van der Waals surface area contributed by atoms with E-state index in [1.807, 2.05) is 12.1 Å². The van der Waals surface area contributed by atoms with Crippen LogP contribution in [0.15, 0.2) is 60.7 Å². The second-order valence-corrected chi connectivity index (χ2v) is 10.8. The van der Waals surface area contributed by atoms with Crippen LogP contribution in [-0.2, 0) is 13.1 Å². The molecule has 1 aromatic heterocycles. The summed E-state index contributed by atoms with van der Waals surface area (Å²) in [6, 6.07) is 20.9. The third-order valence-electron chi connectivity index (χ3n) is 7.93. The second-order valence-electron chi connectivity index (χ2n) is 10.8. The highest BCUT2D eigenvalue weighted by molar-refractivity contribution is 5.99. The molecular formula is C32H34N2O3. The number of carboxylic acids is 1. The molecule has 37 heavy (non-hydrogen) atoms. The molecule has 5 nitrogen and oxygen atoms in total. The zero-order chi connectivity index (χ0) is 25.5. The van der Waals surface area contributed by atoms with Crippen LogP contribution in [0, 0.1) is 0 Å². The summed E-state index contributed by atoms with van der Waals surface area (Å²) in [7, 11) is 4.18. The van der Waals surface area contributed by atoms with Gasteiger partial charge in [0.05, 0.1) is 17.8 Å². The first-order valence-corrected chi connectivity index (χ1v) is 13.4. The molecule has 6 rings (SSSR count). The molecular weight excluding hydrogens is 460 g/mol. The number of aromatic carboxylic acids is 1. The lowest BCUT2D eigenvalue weighted by atomic mass is 9.81. The van der Waals surface area contributed by atoms with Gasteiger partial charge in [-0.3, -0.25) is 0 Å². The zero-order valence-electron chi connectivity index (χ0n) is 21.7. The van der Waals surface area contributed by atoms with Crippen LogP contribution in [0.25, 0.3) is 33.3 Å². The van der Waals surface area contributed by atoms with Crippen LogP contribution in [0.2, 0.25) is 0 Å². The van der Waals surface area contributed by atoms with E-state index in [0.717, 1.165) is 34.5 Å². The van der Waals surface area contributed by atoms with Crippen molar-refractivity contribution in [3.8, 4) is 28.1 Å². The van der Waals surface area contributed by atoms with E-state index in [9.17, 15) is 9.90 Å². The van der Waals surface area contributed by atoms with Crippen molar-refractivity contribution >= 4 is 16.9 Å². The summed E-state index contributed by atoms with van der Waals surface area (Å²) in [6.45, 7) is 2.12. The highest BCUT2D eigenvalue weighted by atomic mass is 16.5. The van der Waals surface area contributed by atoms with Gasteiger partial charge in [0.1, 0.15) is 12.4 Å². The van der Waals surface area contributed by atoms with E-state index in [1.165, 1.54) is 54.3 Å². The van der Waals surface area contributed by atoms with E-state index >= 15 is 0 Å². The predicted octanol–water partition coefficient (Wildman–Crippen LogP) is 7.18. The Bertz CT molecular complexity index is 1480. The maximum atomic E-state index is 11.8. The smallest absolute Gasteiger partial charge is 0.335 e. The fraction of sp³-hybridized carbons (Fsp3) is 0.344.